The highest BCUT2D eigenvalue weighted by Gasteiger charge is 2.14. The van der Waals surface area contributed by atoms with E-state index in [9.17, 15) is 4.79 Å². The van der Waals surface area contributed by atoms with Crippen LogP contribution in [-0.4, -0.2) is 59.7 Å². The Labute approximate surface area is 198 Å². The molecule has 3 aromatic carbocycles. The lowest BCUT2D eigenvalue weighted by Gasteiger charge is -2.14. The van der Waals surface area contributed by atoms with Gasteiger partial charge in [-0.05, 0) is 80.0 Å². The van der Waals surface area contributed by atoms with Gasteiger partial charge in [0.15, 0.2) is 0 Å². The number of hydrogen-bond donors (Lipinski definition) is 3. The summed E-state index contributed by atoms with van der Waals surface area (Å²) in [4.78, 5) is 15.0. The van der Waals surface area contributed by atoms with Gasteiger partial charge in [0.05, 0.1) is 17.8 Å². The lowest BCUT2D eigenvalue weighted by atomic mass is 10.0. The lowest BCUT2D eigenvalue weighted by molar-refractivity contribution is 0.0950. The number of benzene rings is 3. The smallest absolute Gasteiger partial charge is 0.251 e. The molecule has 3 N–H and O–H groups in total. The van der Waals surface area contributed by atoms with Crippen molar-refractivity contribution in [2.75, 3.05) is 32.8 Å². The van der Waals surface area contributed by atoms with E-state index in [1.165, 1.54) is 12.8 Å². The van der Waals surface area contributed by atoms with Crippen molar-refractivity contribution >= 4 is 33.5 Å². The number of aromatic amines is 1. The fourth-order valence-electron chi connectivity index (χ4n) is 4.57. The number of fused-ring (bicyclic) bond motifs is 2. The monoisotopic (exact) mass is 455 g/mol. The average Bonchev–Trinajstić information content (AvgIpc) is 3.53. The fourth-order valence-corrected chi connectivity index (χ4v) is 4.57. The van der Waals surface area contributed by atoms with Gasteiger partial charge in [-0.1, -0.05) is 18.2 Å². The maximum absolute atomic E-state index is 12.6. The zero-order valence-corrected chi connectivity index (χ0v) is 19.4. The first kappa shape index (κ1) is 22.1. The molecule has 1 saturated heterocycles. The van der Waals surface area contributed by atoms with Crippen molar-refractivity contribution in [1.82, 2.24) is 20.4 Å². The third-order valence-corrected chi connectivity index (χ3v) is 6.40. The minimum Gasteiger partial charge on any atom is -0.478 e. The molecule has 1 aromatic heterocycles. The van der Waals surface area contributed by atoms with Crippen LogP contribution in [-0.2, 0) is 4.74 Å². The lowest BCUT2D eigenvalue weighted by Crippen LogP contribution is -2.33. The predicted molar refractivity (Wildman–Crippen MR) is 135 cm³/mol. The van der Waals surface area contributed by atoms with Crippen LogP contribution in [0.15, 0.2) is 54.6 Å². The molecule has 0 unspecified atom stereocenters. The van der Waals surface area contributed by atoms with Crippen LogP contribution in [0.3, 0.4) is 0 Å². The van der Waals surface area contributed by atoms with Crippen molar-refractivity contribution in [1.29, 1.82) is 5.41 Å². The Morgan fingerprint density at radius 2 is 1.82 bits per heavy atom. The highest BCUT2D eigenvalue weighted by atomic mass is 16.5. The molecule has 34 heavy (non-hydrogen) atoms. The summed E-state index contributed by atoms with van der Waals surface area (Å²) < 4.78 is 5.36. The Hall–Kier alpha value is -3.71. The molecule has 0 spiro atoms. The maximum Gasteiger partial charge on any atom is 0.251 e. The third-order valence-electron chi connectivity index (χ3n) is 6.40. The van der Waals surface area contributed by atoms with E-state index in [4.69, 9.17) is 10.1 Å². The van der Waals surface area contributed by atoms with E-state index >= 15 is 0 Å². The second-order valence-electron chi connectivity index (χ2n) is 8.68. The van der Waals surface area contributed by atoms with Gasteiger partial charge in [0, 0.05) is 35.2 Å². The van der Waals surface area contributed by atoms with Crippen molar-refractivity contribution in [3.63, 3.8) is 0 Å². The van der Waals surface area contributed by atoms with E-state index in [0.717, 1.165) is 58.1 Å². The normalized spacial score (nSPS) is 14.0. The molecule has 0 atom stereocenters. The van der Waals surface area contributed by atoms with Crippen LogP contribution in [0.1, 0.15) is 35.7 Å². The van der Waals surface area contributed by atoms with E-state index in [-0.39, 0.29) is 11.8 Å². The summed E-state index contributed by atoms with van der Waals surface area (Å²) in [6, 6.07) is 17.7. The first-order valence-electron chi connectivity index (χ1n) is 11.9. The largest absolute Gasteiger partial charge is 0.478 e. The summed E-state index contributed by atoms with van der Waals surface area (Å²) in [6.07, 6.45) is 2.51. The molecule has 0 saturated carbocycles. The number of aromatic nitrogens is 2. The number of H-pyrrole nitrogens is 1. The van der Waals surface area contributed by atoms with Gasteiger partial charge < -0.3 is 15.0 Å². The van der Waals surface area contributed by atoms with Crippen LogP contribution in [0.5, 0.6) is 0 Å². The van der Waals surface area contributed by atoms with Gasteiger partial charge >= 0.3 is 0 Å². The predicted octanol–water partition coefficient (Wildman–Crippen LogP) is 4.57. The van der Waals surface area contributed by atoms with E-state index in [1.54, 1.807) is 0 Å². The summed E-state index contributed by atoms with van der Waals surface area (Å²) in [6.45, 7) is 6.18. The summed E-state index contributed by atoms with van der Waals surface area (Å²) in [7, 11) is 0. The molecule has 1 aliphatic rings. The number of ether oxygens (including phenoxy) is 1. The summed E-state index contributed by atoms with van der Waals surface area (Å²) in [5.74, 6) is 0.119. The Balaban J connectivity index is 1.36. The van der Waals surface area contributed by atoms with Crippen molar-refractivity contribution in [3.8, 4) is 11.3 Å². The zero-order chi connectivity index (χ0) is 23.5. The van der Waals surface area contributed by atoms with Crippen LogP contribution in [0, 0.1) is 5.41 Å². The number of likely N-dealkylation sites (tertiary alicyclic amines) is 1. The molecule has 7 nitrogen and oxygen atoms in total. The molecule has 1 fully saturated rings. The molecule has 0 bridgehead atoms. The van der Waals surface area contributed by atoms with Crippen LogP contribution < -0.4 is 5.32 Å². The standard InChI is InChI=1S/C27H29N5O2/c1-2-34-26(28)21-9-10-24-23(17-21)25(31-30-24)20-7-5-19-16-22(8-6-18(19)15-20)27(33)29-11-14-32-12-3-4-13-32/h5-10,15-17,28H,2-4,11-14H2,1H3,(H,29,33)(H,30,31). The molecule has 5 rings (SSSR count). The summed E-state index contributed by atoms with van der Waals surface area (Å²) in [5.41, 5.74) is 4.10. The third kappa shape index (κ3) is 4.52. The van der Waals surface area contributed by atoms with Crippen molar-refractivity contribution in [2.24, 2.45) is 0 Å². The maximum atomic E-state index is 12.6. The van der Waals surface area contributed by atoms with Crippen LogP contribution in [0.25, 0.3) is 32.9 Å². The highest BCUT2D eigenvalue weighted by molar-refractivity contribution is 6.02. The number of carbonyl (C=O) groups is 1. The molecule has 0 aliphatic carbocycles. The number of amides is 1. The van der Waals surface area contributed by atoms with Gasteiger partial charge in [0.25, 0.3) is 5.91 Å². The van der Waals surface area contributed by atoms with Gasteiger partial charge in [-0.3, -0.25) is 15.3 Å². The number of carbonyl (C=O) groups excluding carboxylic acids is 1. The average molecular weight is 456 g/mol. The van der Waals surface area contributed by atoms with Gasteiger partial charge in [-0.2, -0.15) is 5.10 Å². The molecule has 7 heteroatoms. The number of nitrogens with one attached hydrogen (secondary N) is 3. The minimum absolute atomic E-state index is 0.0345. The number of nitrogens with zero attached hydrogens (tertiary/aromatic N) is 2. The van der Waals surface area contributed by atoms with Crippen LogP contribution in [0.2, 0.25) is 0 Å². The van der Waals surface area contributed by atoms with Crippen molar-refractivity contribution < 1.29 is 9.53 Å². The van der Waals surface area contributed by atoms with E-state index in [1.807, 2.05) is 55.5 Å². The Bertz CT molecular complexity index is 1350. The molecule has 1 amide bonds. The molecular weight excluding hydrogens is 426 g/mol. The van der Waals surface area contributed by atoms with Gasteiger partial charge in [0.2, 0.25) is 5.90 Å². The first-order chi connectivity index (χ1) is 16.6. The second-order valence-corrected chi connectivity index (χ2v) is 8.68. The van der Waals surface area contributed by atoms with Crippen LogP contribution >= 0.6 is 0 Å². The first-order valence-corrected chi connectivity index (χ1v) is 11.9. The van der Waals surface area contributed by atoms with Crippen LogP contribution in [0.4, 0.5) is 0 Å². The summed E-state index contributed by atoms with van der Waals surface area (Å²) in [5, 5.41) is 21.7. The van der Waals surface area contributed by atoms with Crippen molar-refractivity contribution in [3.05, 3.63) is 65.7 Å². The fraction of sp³-hybridized carbons (Fsp3) is 0.296. The van der Waals surface area contributed by atoms with Gasteiger partial charge in [-0.25, -0.2) is 0 Å². The Morgan fingerprint density at radius 3 is 2.65 bits per heavy atom. The number of rotatable bonds is 7. The zero-order valence-electron chi connectivity index (χ0n) is 19.4. The Kier molecular flexibility index (Phi) is 6.27. The van der Waals surface area contributed by atoms with E-state index in [0.29, 0.717) is 18.7 Å². The van der Waals surface area contributed by atoms with E-state index < -0.39 is 0 Å². The minimum atomic E-state index is -0.0345. The molecular formula is C27H29N5O2. The summed E-state index contributed by atoms with van der Waals surface area (Å²) >= 11 is 0. The number of hydrogen-bond acceptors (Lipinski definition) is 5. The SMILES string of the molecule is CCOC(=N)c1ccc2[nH]nc(-c3ccc4cc(C(=O)NCCN5CCCC5)ccc4c3)c2c1. The van der Waals surface area contributed by atoms with Crippen molar-refractivity contribution in [2.45, 2.75) is 19.8 Å². The topological polar surface area (TPSA) is 94.1 Å². The van der Waals surface area contributed by atoms with Gasteiger partial charge in [-0.15, -0.1) is 0 Å². The molecule has 0 radical (unpaired) electrons. The van der Waals surface area contributed by atoms with E-state index in [2.05, 4.69) is 26.5 Å². The second kappa shape index (κ2) is 9.65. The molecule has 1 aliphatic heterocycles. The Morgan fingerprint density at radius 1 is 1.06 bits per heavy atom. The highest BCUT2D eigenvalue weighted by Crippen LogP contribution is 2.30. The van der Waals surface area contributed by atoms with Gasteiger partial charge in [0.1, 0.15) is 0 Å². The quantitative estimate of drug-likeness (QED) is 0.281. The molecule has 4 aromatic rings. The molecule has 174 valence electrons. The molecule has 2 heterocycles.